The third-order valence-corrected chi connectivity index (χ3v) is 7.47. The number of nitrogens with one attached hydrogen (secondary N) is 2. The molecule has 0 radical (unpaired) electrons. The predicted molar refractivity (Wildman–Crippen MR) is 129 cm³/mol. The number of rotatable bonds is 7. The Labute approximate surface area is 205 Å². The Morgan fingerprint density at radius 1 is 1.11 bits per heavy atom. The van der Waals surface area contributed by atoms with Gasteiger partial charge in [0, 0.05) is 25.3 Å². The van der Waals surface area contributed by atoms with E-state index in [0.29, 0.717) is 55.1 Å². The molecule has 3 aliphatic heterocycles. The number of carbonyl (C=O) groups excluding carboxylic acids is 3. The van der Waals surface area contributed by atoms with E-state index in [1.165, 1.54) is 13.5 Å². The molecule has 2 saturated heterocycles. The lowest BCUT2D eigenvalue weighted by Gasteiger charge is -2.48. The minimum Gasteiger partial charge on any atom is -0.497 e. The third kappa shape index (κ3) is 5.13. The van der Waals surface area contributed by atoms with Crippen molar-refractivity contribution in [3.05, 3.63) is 41.1 Å². The number of benzene rings is 1. The number of methoxy groups -OCH3 is 2. The van der Waals surface area contributed by atoms with Crippen LogP contribution in [0.1, 0.15) is 43.7 Å². The number of carbonyl (C=O) groups is 3. The standard InChI is InChI=1S/C25H35N5O5/c1-34-18-8-6-7-17(15-18)21-20(22(31)35-2)19(27-24(33)28-21)16-29-13-9-25(10-14-29,23(26)32)30-11-4-3-5-12-30/h6-8,15,21H,3-5,9-14,16H2,1-2H3,(H2,26,32)(H2,27,28,33). The van der Waals surface area contributed by atoms with Gasteiger partial charge < -0.3 is 25.8 Å². The molecule has 0 saturated carbocycles. The van der Waals surface area contributed by atoms with Gasteiger partial charge in [0.2, 0.25) is 5.91 Å². The second-order valence-electron chi connectivity index (χ2n) is 9.41. The van der Waals surface area contributed by atoms with E-state index in [4.69, 9.17) is 15.2 Å². The van der Waals surface area contributed by atoms with E-state index in [0.717, 1.165) is 25.9 Å². The van der Waals surface area contributed by atoms with Crippen LogP contribution in [0.5, 0.6) is 5.75 Å². The van der Waals surface area contributed by atoms with Crippen molar-refractivity contribution >= 4 is 17.9 Å². The molecular weight excluding hydrogens is 450 g/mol. The van der Waals surface area contributed by atoms with Crippen molar-refractivity contribution in [2.24, 2.45) is 5.73 Å². The number of urea groups is 1. The zero-order chi connectivity index (χ0) is 25.0. The average molecular weight is 486 g/mol. The van der Waals surface area contributed by atoms with Crippen LogP contribution in [0.3, 0.4) is 0 Å². The topological polar surface area (TPSA) is 126 Å². The number of hydrogen-bond donors (Lipinski definition) is 3. The van der Waals surface area contributed by atoms with Crippen molar-refractivity contribution < 1.29 is 23.9 Å². The number of likely N-dealkylation sites (tertiary alicyclic amines) is 2. The fraction of sp³-hybridized carbons (Fsp3) is 0.560. The molecule has 3 aliphatic rings. The molecule has 1 atom stereocenters. The lowest BCUT2D eigenvalue weighted by atomic mass is 9.83. The zero-order valence-corrected chi connectivity index (χ0v) is 20.5. The summed E-state index contributed by atoms with van der Waals surface area (Å²) in [4.78, 5) is 42.4. The van der Waals surface area contributed by atoms with E-state index in [1.807, 2.05) is 12.1 Å². The minimum atomic E-state index is -0.677. The van der Waals surface area contributed by atoms with Crippen LogP contribution in [0.4, 0.5) is 4.79 Å². The van der Waals surface area contributed by atoms with Crippen molar-refractivity contribution in [1.82, 2.24) is 20.4 Å². The van der Waals surface area contributed by atoms with Crippen LogP contribution >= 0.6 is 0 Å². The molecule has 0 spiro atoms. The zero-order valence-electron chi connectivity index (χ0n) is 20.5. The summed E-state index contributed by atoms with van der Waals surface area (Å²) in [6.45, 7) is 3.40. The van der Waals surface area contributed by atoms with Gasteiger partial charge >= 0.3 is 12.0 Å². The molecule has 3 amide bonds. The normalized spacial score (nSPS) is 23.3. The highest BCUT2D eigenvalue weighted by Crippen LogP contribution is 2.33. The van der Waals surface area contributed by atoms with Gasteiger partial charge in [-0.2, -0.15) is 0 Å². The largest absolute Gasteiger partial charge is 0.497 e. The molecule has 3 heterocycles. The molecule has 0 bridgehead atoms. The summed E-state index contributed by atoms with van der Waals surface area (Å²) in [6, 6.07) is 6.17. The molecule has 10 heteroatoms. The van der Waals surface area contributed by atoms with Crippen LogP contribution in [-0.4, -0.2) is 80.2 Å². The van der Waals surface area contributed by atoms with Gasteiger partial charge in [0.25, 0.3) is 0 Å². The molecule has 4 rings (SSSR count). The van der Waals surface area contributed by atoms with E-state index in [9.17, 15) is 14.4 Å². The lowest BCUT2D eigenvalue weighted by molar-refractivity contribution is -0.136. The maximum atomic E-state index is 12.9. The number of nitrogens with zero attached hydrogens (tertiary/aromatic N) is 2. The molecule has 1 unspecified atom stereocenters. The Hall–Kier alpha value is -3.11. The Kier molecular flexibility index (Phi) is 7.61. The maximum absolute atomic E-state index is 12.9. The van der Waals surface area contributed by atoms with Crippen LogP contribution in [-0.2, 0) is 14.3 Å². The third-order valence-electron chi connectivity index (χ3n) is 7.47. The summed E-state index contributed by atoms with van der Waals surface area (Å²) in [7, 11) is 2.89. The first-order valence-corrected chi connectivity index (χ1v) is 12.2. The molecule has 1 aromatic rings. The minimum absolute atomic E-state index is 0.262. The first kappa shape index (κ1) is 25.0. The fourth-order valence-corrected chi connectivity index (χ4v) is 5.51. The van der Waals surface area contributed by atoms with Gasteiger partial charge in [-0.3, -0.25) is 14.6 Å². The summed E-state index contributed by atoms with van der Waals surface area (Å²) >= 11 is 0. The molecule has 190 valence electrons. The lowest BCUT2D eigenvalue weighted by Crippen LogP contribution is -2.63. The van der Waals surface area contributed by atoms with Gasteiger partial charge in [-0.05, 0) is 56.5 Å². The summed E-state index contributed by atoms with van der Waals surface area (Å²) in [6.07, 6.45) is 4.59. The number of esters is 1. The number of primary amides is 1. The monoisotopic (exact) mass is 485 g/mol. The van der Waals surface area contributed by atoms with Gasteiger partial charge in [0.05, 0.1) is 25.8 Å². The van der Waals surface area contributed by atoms with Crippen LogP contribution in [0, 0.1) is 0 Å². The van der Waals surface area contributed by atoms with E-state index < -0.39 is 23.6 Å². The number of ether oxygens (including phenoxy) is 2. The second kappa shape index (κ2) is 10.7. The predicted octanol–water partition coefficient (Wildman–Crippen LogP) is 1.28. The van der Waals surface area contributed by atoms with Crippen molar-refractivity contribution in [2.45, 2.75) is 43.7 Å². The highest BCUT2D eigenvalue weighted by molar-refractivity contribution is 5.95. The quantitative estimate of drug-likeness (QED) is 0.497. The molecular formula is C25H35N5O5. The molecule has 10 nitrogen and oxygen atoms in total. The van der Waals surface area contributed by atoms with Gasteiger partial charge in [0.15, 0.2) is 0 Å². The Balaban J connectivity index is 1.57. The van der Waals surface area contributed by atoms with E-state index in [1.54, 1.807) is 19.2 Å². The van der Waals surface area contributed by atoms with E-state index in [-0.39, 0.29) is 5.91 Å². The number of piperidine rings is 2. The van der Waals surface area contributed by atoms with Crippen LogP contribution in [0.25, 0.3) is 0 Å². The first-order chi connectivity index (χ1) is 16.9. The van der Waals surface area contributed by atoms with E-state index >= 15 is 0 Å². The SMILES string of the molecule is COC(=O)C1=C(CN2CCC(C(N)=O)(N3CCCCC3)CC2)NC(=O)NC1c1cccc(OC)c1. The molecule has 0 aliphatic carbocycles. The van der Waals surface area contributed by atoms with Crippen molar-refractivity contribution in [3.63, 3.8) is 0 Å². The van der Waals surface area contributed by atoms with Gasteiger partial charge in [-0.25, -0.2) is 9.59 Å². The number of hydrogen-bond acceptors (Lipinski definition) is 7. The number of nitrogens with two attached hydrogens (primary N) is 1. The van der Waals surface area contributed by atoms with Gasteiger partial charge in [0.1, 0.15) is 11.3 Å². The van der Waals surface area contributed by atoms with Gasteiger partial charge in [-0.15, -0.1) is 0 Å². The average Bonchev–Trinajstić information content (AvgIpc) is 2.89. The van der Waals surface area contributed by atoms with Crippen molar-refractivity contribution in [1.29, 1.82) is 0 Å². The molecule has 2 fully saturated rings. The first-order valence-electron chi connectivity index (χ1n) is 12.2. The molecule has 1 aromatic carbocycles. The smallest absolute Gasteiger partial charge is 0.338 e. The Morgan fingerprint density at radius 2 is 1.83 bits per heavy atom. The van der Waals surface area contributed by atoms with Gasteiger partial charge in [-0.1, -0.05) is 18.6 Å². The Bertz CT molecular complexity index is 996. The maximum Gasteiger partial charge on any atom is 0.338 e. The van der Waals surface area contributed by atoms with Crippen LogP contribution in [0.15, 0.2) is 35.5 Å². The molecule has 0 aromatic heterocycles. The Morgan fingerprint density at radius 3 is 2.46 bits per heavy atom. The van der Waals surface area contributed by atoms with E-state index in [2.05, 4.69) is 20.4 Å². The highest BCUT2D eigenvalue weighted by atomic mass is 16.5. The second-order valence-corrected chi connectivity index (χ2v) is 9.41. The summed E-state index contributed by atoms with van der Waals surface area (Å²) in [5.74, 6) is -0.156. The molecule has 4 N–H and O–H groups in total. The fourth-order valence-electron chi connectivity index (χ4n) is 5.51. The number of amides is 3. The summed E-state index contributed by atoms with van der Waals surface area (Å²) < 4.78 is 10.4. The molecule has 35 heavy (non-hydrogen) atoms. The van der Waals surface area contributed by atoms with Crippen LogP contribution < -0.4 is 21.1 Å². The van der Waals surface area contributed by atoms with Crippen molar-refractivity contribution in [3.8, 4) is 5.75 Å². The summed E-state index contributed by atoms with van der Waals surface area (Å²) in [5.41, 5.74) is 6.86. The van der Waals surface area contributed by atoms with Crippen molar-refractivity contribution in [2.75, 3.05) is 46.9 Å². The van der Waals surface area contributed by atoms with Crippen LogP contribution in [0.2, 0.25) is 0 Å². The summed E-state index contributed by atoms with van der Waals surface area (Å²) in [5, 5.41) is 5.65. The highest BCUT2D eigenvalue weighted by Gasteiger charge is 2.45.